The molecule has 1 amide bonds. The molecule has 6 heteroatoms. The molecule has 20 heavy (non-hydrogen) atoms. The van der Waals surface area contributed by atoms with E-state index >= 15 is 0 Å². The van der Waals surface area contributed by atoms with Gasteiger partial charge in [0.05, 0.1) is 0 Å². The molecule has 6 nitrogen and oxygen atoms in total. The van der Waals surface area contributed by atoms with Crippen LogP contribution in [0.1, 0.15) is 27.3 Å². The van der Waals surface area contributed by atoms with Crippen LogP contribution in [0.25, 0.3) is 5.82 Å². The molecule has 0 aliphatic carbocycles. The highest BCUT2D eigenvalue weighted by molar-refractivity contribution is 5.91. The third kappa shape index (κ3) is 2.55. The second kappa shape index (κ2) is 5.42. The van der Waals surface area contributed by atoms with E-state index in [-0.39, 0.29) is 5.91 Å². The number of carbonyl (C=O) groups excluding carboxylic acids is 1. The maximum atomic E-state index is 11.9. The number of carbonyl (C=O) groups is 1. The first kappa shape index (κ1) is 14.2. The van der Waals surface area contributed by atoms with E-state index < -0.39 is 0 Å². The van der Waals surface area contributed by atoms with Gasteiger partial charge in [0.2, 0.25) is 0 Å². The van der Waals surface area contributed by atoms with Crippen LogP contribution in [0.3, 0.4) is 0 Å². The van der Waals surface area contributed by atoms with Crippen LogP contribution < -0.4 is 5.73 Å². The third-order valence-electron chi connectivity index (χ3n) is 3.09. The van der Waals surface area contributed by atoms with Gasteiger partial charge in [0.15, 0.2) is 11.5 Å². The Bertz CT molecular complexity index is 645. The van der Waals surface area contributed by atoms with Crippen LogP contribution in [0.15, 0.2) is 18.3 Å². The molecule has 2 aromatic rings. The van der Waals surface area contributed by atoms with Gasteiger partial charge >= 0.3 is 0 Å². The lowest BCUT2D eigenvalue weighted by molar-refractivity contribution is 0.0821. The van der Waals surface area contributed by atoms with Gasteiger partial charge in [0.1, 0.15) is 0 Å². The van der Waals surface area contributed by atoms with Crippen molar-refractivity contribution in [3.05, 3.63) is 40.8 Å². The second-order valence-corrected chi connectivity index (χ2v) is 4.93. The van der Waals surface area contributed by atoms with E-state index in [0.29, 0.717) is 18.1 Å². The number of nitrogens with zero attached hydrogens (tertiary/aromatic N) is 4. The Morgan fingerprint density at radius 1 is 1.40 bits per heavy atom. The molecule has 0 aromatic carbocycles. The van der Waals surface area contributed by atoms with Gasteiger partial charge in [0, 0.05) is 38.1 Å². The van der Waals surface area contributed by atoms with Gasteiger partial charge in [-0.1, -0.05) is 0 Å². The lowest BCUT2D eigenvalue weighted by Crippen LogP contribution is -2.22. The normalized spacial score (nSPS) is 10.7. The molecule has 2 aromatic heterocycles. The van der Waals surface area contributed by atoms with Gasteiger partial charge in [0.25, 0.3) is 5.91 Å². The summed E-state index contributed by atoms with van der Waals surface area (Å²) in [4.78, 5) is 17.9. The summed E-state index contributed by atoms with van der Waals surface area (Å²) in [5.74, 6) is 0.547. The molecular formula is C14H19N5O. The molecule has 2 heterocycles. The summed E-state index contributed by atoms with van der Waals surface area (Å²) >= 11 is 0. The topological polar surface area (TPSA) is 77.0 Å². The zero-order valence-electron chi connectivity index (χ0n) is 12.2. The molecular weight excluding hydrogens is 254 g/mol. The summed E-state index contributed by atoms with van der Waals surface area (Å²) in [6, 6.07) is 3.67. The first-order chi connectivity index (χ1) is 9.43. The first-order valence-electron chi connectivity index (χ1n) is 6.39. The smallest absolute Gasteiger partial charge is 0.273 e. The summed E-state index contributed by atoms with van der Waals surface area (Å²) in [7, 11) is 3.39. The predicted molar refractivity (Wildman–Crippen MR) is 76.7 cm³/mol. The Kier molecular flexibility index (Phi) is 3.85. The Balaban J connectivity index is 2.50. The van der Waals surface area contributed by atoms with Crippen molar-refractivity contribution in [1.29, 1.82) is 0 Å². The SMILES string of the molecule is Cc1cc(C)c(CN)c(-n2ccc(C(=O)N(C)C)n2)n1. The minimum absolute atomic E-state index is 0.137. The van der Waals surface area contributed by atoms with Crippen LogP contribution in [0.4, 0.5) is 0 Å². The summed E-state index contributed by atoms with van der Waals surface area (Å²) in [6.07, 6.45) is 1.73. The van der Waals surface area contributed by atoms with E-state index in [4.69, 9.17) is 5.73 Å². The number of nitrogens with two attached hydrogens (primary N) is 1. The molecule has 0 radical (unpaired) electrons. The van der Waals surface area contributed by atoms with Crippen molar-refractivity contribution in [3.63, 3.8) is 0 Å². The van der Waals surface area contributed by atoms with Crippen LogP contribution in [0, 0.1) is 13.8 Å². The van der Waals surface area contributed by atoms with Crippen molar-refractivity contribution in [3.8, 4) is 5.82 Å². The molecule has 0 fully saturated rings. The highest BCUT2D eigenvalue weighted by Gasteiger charge is 2.15. The van der Waals surface area contributed by atoms with E-state index in [1.54, 1.807) is 31.0 Å². The van der Waals surface area contributed by atoms with Crippen molar-refractivity contribution < 1.29 is 4.79 Å². The molecule has 106 valence electrons. The molecule has 0 spiro atoms. The quantitative estimate of drug-likeness (QED) is 0.906. The lowest BCUT2D eigenvalue weighted by atomic mass is 10.1. The van der Waals surface area contributed by atoms with Gasteiger partial charge < -0.3 is 10.6 Å². The summed E-state index contributed by atoms with van der Waals surface area (Å²) in [5.41, 5.74) is 9.09. The number of pyridine rings is 1. The van der Waals surface area contributed by atoms with Crippen LogP contribution in [-0.2, 0) is 6.54 Å². The zero-order chi connectivity index (χ0) is 14.9. The summed E-state index contributed by atoms with van der Waals surface area (Å²) < 4.78 is 1.61. The van der Waals surface area contributed by atoms with Gasteiger partial charge in [-0.2, -0.15) is 5.10 Å². The van der Waals surface area contributed by atoms with Crippen LogP contribution >= 0.6 is 0 Å². The average Bonchev–Trinajstić information content (AvgIpc) is 2.86. The largest absolute Gasteiger partial charge is 0.343 e. The molecule has 0 bridgehead atoms. The maximum Gasteiger partial charge on any atom is 0.273 e. The van der Waals surface area contributed by atoms with Crippen LogP contribution in [-0.4, -0.2) is 39.7 Å². The van der Waals surface area contributed by atoms with Crippen molar-refractivity contribution in [2.45, 2.75) is 20.4 Å². The molecule has 2 N–H and O–H groups in total. The average molecular weight is 273 g/mol. The van der Waals surface area contributed by atoms with Gasteiger partial charge in [-0.3, -0.25) is 4.79 Å². The van der Waals surface area contributed by atoms with Crippen molar-refractivity contribution in [2.75, 3.05) is 14.1 Å². The van der Waals surface area contributed by atoms with E-state index in [0.717, 1.165) is 16.8 Å². The molecule has 0 atom stereocenters. The number of rotatable bonds is 3. The highest BCUT2D eigenvalue weighted by Crippen LogP contribution is 2.17. The van der Waals surface area contributed by atoms with Gasteiger partial charge in [-0.05, 0) is 31.5 Å². The van der Waals surface area contributed by atoms with Gasteiger partial charge in [-0.25, -0.2) is 9.67 Å². The van der Waals surface area contributed by atoms with E-state index in [1.165, 1.54) is 4.90 Å². The highest BCUT2D eigenvalue weighted by atomic mass is 16.2. The van der Waals surface area contributed by atoms with Crippen molar-refractivity contribution in [2.24, 2.45) is 5.73 Å². The first-order valence-corrected chi connectivity index (χ1v) is 6.39. The third-order valence-corrected chi connectivity index (χ3v) is 3.09. The lowest BCUT2D eigenvalue weighted by Gasteiger charge is -2.11. The fraction of sp³-hybridized carbons (Fsp3) is 0.357. The van der Waals surface area contributed by atoms with Crippen molar-refractivity contribution in [1.82, 2.24) is 19.7 Å². The zero-order valence-corrected chi connectivity index (χ0v) is 12.2. The number of amides is 1. The van der Waals surface area contributed by atoms with Crippen LogP contribution in [0.2, 0.25) is 0 Å². The summed E-state index contributed by atoms with van der Waals surface area (Å²) in [5, 5.41) is 4.30. The Labute approximate surface area is 118 Å². The minimum atomic E-state index is -0.137. The monoisotopic (exact) mass is 273 g/mol. The molecule has 0 saturated heterocycles. The maximum absolute atomic E-state index is 11.9. The molecule has 2 rings (SSSR count). The number of hydrogen-bond donors (Lipinski definition) is 1. The Morgan fingerprint density at radius 2 is 2.10 bits per heavy atom. The van der Waals surface area contributed by atoms with Gasteiger partial charge in [-0.15, -0.1) is 0 Å². The second-order valence-electron chi connectivity index (χ2n) is 4.93. The molecule has 0 aliphatic heterocycles. The fourth-order valence-electron chi connectivity index (χ4n) is 2.07. The Hall–Kier alpha value is -2.21. The number of aryl methyl sites for hydroxylation is 2. The molecule has 0 saturated carbocycles. The van der Waals surface area contributed by atoms with Crippen molar-refractivity contribution >= 4 is 5.91 Å². The Morgan fingerprint density at radius 3 is 2.70 bits per heavy atom. The minimum Gasteiger partial charge on any atom is -0.343 e. The fourth-order valence-corrected chi connectivity index (χ4v) is 2.07. The standard InChI is InChI=1S/C14H19N5O/c1-9-7-10(2)16-13(11(9)8-15)19-6-5-12(17-19)14(20)18(3)4/h5-7H,8,15H2,1-4H3. The summed E-state index contributed by atoms with van der Waals surface area (Å²) in [6.45, 7) is 4.30. The van der Waals surface area contributed by atoms with Crippen LogP contribution in [0.5, 0.6) is 0 Å². The van der Waals surface area contributed by atoms with E-state index in [2.05, 4.69) is 10.1 Å². The number of hydrogen-bond acceptors (Lipinski definition) is 4. The molecule has 0 unspecified atom stereocenters. The molecule has 0 aliphatic rings. The predicted octanol–water partition coefficient (Wildman–Crippen LogP) is 1.04. The number of aromatic nitrogens is 3. The van der Waals surface area contributed by atoms with E-state index in [9.17, 15) is 4.79 Å². The van der Waals surface area contributed by atoms with E-state index in [1.807, 2.05) is 19.9 Å².